The van der Waals surface area contributed by atoms with Crippen molar-refractivity contribution in [3.8, 4) is 5.75 Å². The van der Waals surface area contributed by atoms with Crippen molar-refractivity contribution in [1.82, 2.24) is 5.01 Å². The lowest BCUT2D eigenvalue weighted by Crippen LogP contribution is -2.48. The molecule has 0 fully saturated rings. The summed E-state index contributed by atoms with van der Waals surface area (Å²) in [5.41, 5.74) is -1.47. The first-order valence-corrected chi connectivity index (χ1v) is 10.7. The Kier molecular flexibility index (Phi) is 8.19. The highest BCUT2D eigenvalue weighted by Gasteiger charge is 2.45. The number of carbonyl (C=O) groups excluding carboxylic acids is 1. The lowest BCUT2D eigenvalue weighted by atomic mass is 9.95. The summed E-state index contributed by atoms with van der Waals surface area (Å²) in [5.74, 6) is 1.79. The van der Waals surface area contributed by atoms with Crippen LogP contribution in [0.4, 0.5) is 0 Å². The van der Waals surface area contributed by atoms with Gasteiger partial charge in [0.05, 0.1) is 23.2 Å². The van der Waals surface area contributed by atoms with E-state index in [4.69, 9.17) is 15.3 Å². The molecule has 0 radical (unpaired) electrons. The van der Waals surface area contributed by atoms with Crippen molar-refractivity contribution in [2.75, 3.05) is 12.9 Å². The van der Waals surface area contributed by atoms with Gasteiger partial charge >= 0.3 is 17.6 Å². The van der Waals surface area contributed by atoms with Gasteiger partial charge in [-0.05, 0) is 50.8 Å². The van der Waals surface area contributed by atoms with Crippen molar-refractivity contribution < 1.29 is 34.2 Å². The molecule has 0 bridgehead atoms. The van der Waals surface area contributed by atoms with Crippen LogP contribution in [0.1, 0.15) is 29.8 Å². The topological polar surface area (TPSA) is 178 Å². The van der Waals surface area contributed by atoms with E-state index in [2.05, 4.69) is 4.99 Å². The molecule has 0 aliphatic carbocycles. The van der Waals surface area contributed by atoms with E-state index in [1.165, 1.54) is 19.1 Å². The monoisotopic (exact) mass is 468 g/mol. The van der Waals surface area contributed by atoms with Crippen LogP contribution < -0.4 is 10.6 Å². The Morgan fingerprint density at radius 1 is 1.41 bits per heavy atom. The highest BCUT2D eigenvalue weighted by molar-refractivity contribution is 7.99. The molecule has 1 heterocycles. The number of aliphatic hydroxyl groups is 1. The van der Waals surface area contributed by atoms with E-state index < -0.39 is 51.7 Å². The quantitative estimate of drug-likeness (QED) is 0.206. The first-order valence-electron chi connectivity index (χ1n) is 9.42. The Morgan fingerprint density at radius 2 is 2.06 bits per heavy atom. The predicted octanol–water partition coefficient (Wildman–Crippen LogP) is 1.35. The van der Waals surface area contributed by atoms with Crippen LogP contribution in [0.3, 0.4) is 0 Å². The Labute approximate surface area is 187 Å². The molecule has 1 aromatic carbocycles. The molecule has 1 aliphatic rings. The number of aryl methyl sites for hydroxylation is 1. The molecule has 174 valence electrons. The van der Waals surface area contributed by atoms with E-state index in [1.807, 2.05) is 0 Å². The molecule has 1 aliphatic heterocycles. The minimum absolute atomic E-state index is 0.0443. The van der Waals surface area contributed by atoms with Crippen LogP contribution in [-0.2, 0) is 9.53 Å². The molecular weight excluding hydrogens is 444 g/mol. The summed E-state index contributed by atoms with van der Waals surface area (Å²) in [7, 11) is 0. The number of carboxylic acid groups (broad SMARTS) is 1. The van der Waals surface area contributed by atoms with Crippen molar-refractivity contribution in [2.24, 2.45) is 16.8 Å². The summed E-state index contributed by atoms with van der Waals surface area (Å²) in [6.07, 6.45) is 0.132. The number of rotatable bonds is 9. The smallest absolute Gasteiger partial charge is 0.352 e. The van der Waals surface area contributed by atoms with Gasteiger partial charge in [0.2, 0.25) is 0 Å². The molecule has 13 heteroatoms. The van der Waals surface area contributed by atoms with Crippen LogP contribution >= 0.6 is 11.8 Å². The second kappa shape index (κ2) is 10.4. The van der Waals surface area contributed by atoms with Gasteiger partial charge in [0.1, 0.15) is 17.4 Å². The number of carboxylic acids is 1. The number of esters is 1. The number of nitrogens with zero attached hydrogens (tertiary/aromatic N) is 3. The molecule has 3 atom stereocenters. The van der Waals surface area contributed by atoms with E-state index in [1.54, 1.807) is 26.2 Å². The number of hydrazine groups is 1. The van der Waals surface area contributed by atoms with E-state index in [0.717, 1.165) is 16.8 Å². The number of allylic oxidation sites excluding steroid dienone is 1. The van der Waals surface area contributed by atoms with Crippen molar-refractivity contribution in [1.29, 1.82) is 0 Å². The van der Waals surface area contributed by atoms with E-state index >= 15 is 0 Å². The fourth-order valence-corrected chi connectivity index (χ4v) is 3.59. The van der Waals surface area contributed by atoms with Crippen molar-refractivity contribution >= 4 is 29.4 Å². The van der Waals surface area contributed by atoms with Crippen LogP contribution in [0.2, 0.25) is 0 Å². The average molecular weight is 468 g/mol. The van der Waals surface area contributed by atoms with Gasteiger partial charge in [-0.25, -0.2) is 20.6 Å². The summed E-state index contributed by atoms with van der Waals surface area (Å²) in [4.78, 5) is 39.0. The number of aliphatic hydroxyl groups excluding tert-OH is 1. The van der Waals surface area contributed by atoms with Gasteiger partial charge in [-0.3, -0.25) is 14.9 Å². The first kappa shape index (κ1) is 25.1. The van der Waals surface area contributed by atoms with Gasteiger partial charge < -0.3 is 19.7 Å². The number of thioether (sulfide) groups is 1. The molecule has 4 N–H and O–H groups in total. The maximum absolute atomic E-state index is 12.1. The second-order valence-electron chi connectivity index (χ2n) is 6.81. The van der Waals surface area contributed by atoms with Crippen molar-refractivity contribution in [3.05, 3.63) is 51.0 Å². The second-order valence-corrected chi connectivity index (χ2v) is 7.70. The number of hydrogen-bond acceptors (Lipinski definition) is 11. The minimum Gasteiger partial charge on any atom is -0.481 e. The zero-order valence-electron chi connectivity index (χ0n) is 17.8. The van der Waals surface area contributed by atoms with Crippen LogP contribution in [0.5, 0.6) is 5.75 Å². The van der Waals surface area contributed by atoms with Crippen LogP contribution in [0.25, 0.3) is 0 Å². The zero-order chi connectivity index (χ0) is 24.2. The zero-order valence-corrected chi connectivity index (χ0v) is 18.7. The fraction of sp³-hybridized carbons (Fsp3) is 0.421. The molecule has 32 heavy (non-hydrogen) atoms. The van der Waals surface area contributed by atoms with Gasteiger partial charge in [0, 0.05) is 0 Å². The Hall–Kier alpha value is -3.16. The highest BCUT2D eigenvalue weighted by atomic mass is 32.2. The standard InChI is InChI=1S/C19H24N4O8S/c1-5-30-18(27)11-6-9(2)7-12(8-11)31-16-15(23(28)29)14(13(10(3)24)17(25)26)21-19(32-4)22(16)20/h6-8,10,13,19,24H,5,20H2,1-4H3,(H,25,26). The molecule has 0 amide bonds. The van der Waals surface area contributed by atoms with Crippen LogP contribution in [0.15, 0.2) is 34.8 Å². The Bertz CT molecular complexity index is 978. The van der Waals surface area contributed by atoms with E-state index in [-0.39, 0.29) is 17.9 Å². The molecule has 0 saturated carbocycles. The third kappa shape index (κ3) is 5.36. The highest BCUT2D eigenvalue weighted by Crippen LogP contribution is 2.31. The summed E-state index contributed by atoms with van der Waals surface area (Å²) in [6, 6.07) is 4.40. The molecule has 3 unspecified atom stereocenters. The largest absolute Gasteiger partial charge is 0.481 e. The SMILES string of the molecule is CCOC(=O)c1cc(C)cc(OC2=C([N+](=O)[O-])C(C(C(=O)O)C(C)O)=NC(SC)N2N)c1. The van der Waals surface area contributed by atoms with Crippen molar-refractivity contribution in [3.63, 3.8) is 0 Å². The number of benzene rings is 1. The molecule has 12 nitrogen and oxygen atoms in total. The summed E-state index contributed by atoms with van der Waals surface area (Å²) >= 11 is 1.07. The number of nitro groups is 1. The van der Waals surface area contributed by atoms with Crippen LogP contribution in [0, 0.1) is 23.0 Å². The molecule has 1 aromatic rings. The van der Waals surface area contributed by atoms with E-state index in [0.29, 0.717) is 5.56 Å². The third-order valence-electron chi connectivity index (χ3n) is 4.38. The summed E-state index contributed by atoms with van der Waals surface area (Å²) in [5, 5.41) is 32.3. The maximum atomic E-state index is 12.1. The molecule has 0 aromatic heterocycles. The first-order chi connectivity index (χ1) is 15.0. The maximum Gasteiger partial charge on any atom is 0.352 e. The van der Waals surface area contributed by atoms with Gasteiger partial charge in [-0.2, -0.15) is 0 Å². The molecule has 0 saturated heterocycles. The van der Waals surface area contributed by atoms with E-state index in [9.17, 15) is 29.9 Å². The number of ether oxygens (including phenoxy) is 2. The lowest BCUT2D eigenvalue weighted by molar-refractivity contribution is -0.420. The lowest BCUT2D eigenvalue weighted by Gasteiger charge is -2.31. The Morgan fingerprint density at radius 3 is 2.56 bits per heavy atom. The third-order valence-corrected chi connectivity index (χ3v) is 5.13. The van der Waals surface area contributed by atoms with Gasteiger partial charge in [0.15, 0.2) is 5.50 Å². The summed E-state index contributed by atoms with van der Waals surface area (Å²) in [6.45, 7) is 4.68. The number of nitrogens with two attached hydrogens (primary N) is 1. The number of carbonyl (C=O) groups is 2. The average Bonchev–Trinajstić information content (AvgIpc) is 2.69. The predicted molar refractivity (Wildman–Crippen MR) is 115 cm³/mol. The number of hydrogen-bond donors (Lipinski definition) is 3. The normalized spacial score (nSPS) is 18.0. The Balaban J connectivity index is 2.65. The van der Waals surface area contributed by atoms with Crippen LogP contribution in [-0.4, -0.2) is 62.3 Å². The molecule has 0 spiro atoms. The van der Waals surface area contributed by atoms with Gasteiger partial charge in [-0.15, -0.1) is 11.8 Å². The fourth-order valence-electron chi connectivity index (χ4n) is 3.04. The van der Waals surface area contributed by atoms with Gasteiger partial charge in [-0.1, -0.05) is 0 Å². The molecular formula is C19H24N4O8S. The van der Waals surface area contributed by atoms with Crippen molar-refractivity contribution in [2.45, 2.75) is 32.4 Å². The number of aliphatic carboxylic acids is 1. The molecule has 2 rings (SSSR count). The van der Waals surface area contributed by atoms with Gasteiger partial charge in [0.25, 0.3) is 5.88 Å². The minimum atomic E-state index is -1.69. The summed E-state index contributed by atoms with van der Waals surface area (Å²) < 4.78 is 10.7. The number of aliphatic imine (C=N–C) groups is 1.